The van der Waals surface area contributed by atoms with Crippen molar-refractivity contribution in [3.63, 3.8) is 0 Å². The van der Waals surface area contributed by atoms with Crippen molar-refractivity contribution in [3.8, 4) is 5.88 Å². The summed E-state index contributed by atoms with van der Waals surface area (Å²) < 4.78 is 5.48. The molecular weight excluding hydrogens is 232 g/mol. The van der Waals surface area contributed by atoms with Crippen LogP contribution in [-0.2, 0) is 4.79 Å². The maximum atomic E-state index is 11.7. The first-order valence-corrected chi connectivity index (χ1v) is 6.07. The molecule has 0 saturated carbocycles. The number of carbonyl (C=O) groups excluding carboxylic acids is 1. The van der Waals surface area contributed by atoms with Crippen LogP contribution in [0.5, 0.6) is 5.88 Å². The Morgan fingerprint density at radius 2 is 2.33 bits per heavy atom. The summed E-state index contributed by atoms with van der Waals surface area (Å²) in [5.41, 5.74) is 0. The van der Waals surface area contributed by atoms with Crippen LogP contribution in [0.3, 0.4) is 0 Å². The molecule has 18 heavy (non-hydrogen) atoms. The fourth-order valence-corrected chi connectivity index (χ4v) is 1.83. The monoisotopic (exact) mass is 250 g/mol. The van der Waals surface area contributed by atoms with Gasteiger partial charge in [-0.05, 0) is 20.3 Å². The van der Waals surface area contributed by atoms with Crippen LogP contribution in [0.15, 0.2) is 12.3 Å². The lowest BCUT2D eigenvalue weighted by atomic mass is 10.2. The van der Waals surface area contributed by atoms with Crippen LogP contribution in [0, 0.1) is 0 Å². The molecule has 1 atom stereocenters. The summed E-state index contributed by atoms with van der Waals surface area (Å²) in [7, 11) is 1.79. The van der Waals surface area contributed by atoms with Gasteiger partial charge in [-0.1, -0.05) is 0 Å². The molecule has 6 nitrogen and oxygen atoms in total. The fourth-order valence-electron chi connectivity index (χ4n) is 1.83. The minimum atomic E-state index is -0.232. The second kappa shape index (κ2) is 5.20. The van der Waals surface area contributed by atoms with Crippen molar-refractivity contribution in [1.29, 1.82) is 0 Å². The van der Waals surface area contributed by atoms with Gasteiger partial charge in [0.1, 0.15) is 6.04 Å². The topological polar surface area (TPSA) is 67.3 Å². The minimum Gasteiger partial charge on any atom is -0.475 e. The molecule has 1 aromatic heterocycles. The third-order valence-electron chi connectivity index (χ3n) is 2.72. The first kappa shape index (κ1) is 12.6. The lowest BCUT2D eigenvalue weighted by Gasteiger charge is -2.13. The summed E-state index contributed by atoms with van der Waals surface area (Å²) in [6, 6.07) is 1.47. The lowest BCUT2D eigenvalue weighted by Crippen LogP contribution is -2.31. The number of likely N-dealkylation sites (tertiary alicyclic amines) is 1. The van der Waals surface area contributed by atoms with E-state index in [1.54, 1.807) is 24.2 Å². The zero-order chi connectivity index (χ0) is 13.1. The number of aromatic nitrogens is 2. The van der Waals surface area contributed by atoms with Crippen molar-refractivity contribution in [1.82, 2.24) is 14.9 Å². The Balaban J connectivity index is 2.03. The Morgan fingerprint density at radius 1 is 1.56 bits per heavy atom. The number of amides is 1. The predicted molar refractivity (Wildman–Crippen MR) is 67.5 cm³/mol. The normalized spacial score (nSPS) is 19.4. The number of nitrogens with zero attached hydrogens (tertiary/aromatic N) is 3. The van der Waals surface area contributed by atoms with Crippen LogP contribution in [0.1, 0.15) is 20.3 Å². The molecule has 0 spiro atoms. The van der Waals surface area contributed by atoms with E-state index in [4.69, 9.17) is 4.74 Å². The molecule has 1 aliphatic rings. The van der Waals surface area contributed by atoms with Crippen LogP contribution >= 0.6 is 0 Å². The van der Waals surface area contributed by atoms with Gasteiger partial charge < -0.3 is 15.0 Å². The summed E-state index contributed by atoms with van der Waals surface area (Å²) in [6.07, 6.45) is 2.46. The molecule has 1 unspecified atom stereocenters. The molecule has 0 aromatic carbocycles. The van der Waals surface area contributed by atoms with E-state index >= 15 is 0 Å². The van der Waals surface area contributed by atoms with E-state index < -0.39 is 0 Å². The molecule has 1 amide bonds. The minimum absolute atomic E-state index is 0.0620. The van der Waals surface area contributed by atoms with Crippen molar-refractivity contribution >= 4 is 11.9 Å². The molecule has 2 heterocycles. The first-order valence-electron chi connectivity index (χ1n) is 6.07. The highest BCUT2D eigenvalue weighted by molar-refractivity contribution is 5.86. The van der Waals surface area contributed by atoms with Gasteiger partial charge in [-0.3, -0.25) is 4.79 Å². The summed E-state index contributed by atoms with van der Waals surface area (Å²) >= 11 is 0. The smallest absolute Gasteiger partial charge is 0.244 e. The first-order chi connectivity index (χ1) is 8.56. The molecular formula is C12H18N4O2. The molecule has 2 rings (SSSR count). The number of ether oxygens (including phenoxy) is 1. The van der Waals surface area contributed by atoms with Gasteiger partial charge in [0.15, 0.2) is 0 Å². The van der Waals surface area contributed by atoms with E-state index in [1.807, 2.05) is 13.8 Å². The van der Waals surface area contributed by atoms with Crippen molar-refractivity contribution in [2.75, 3.05) is 18.9 Å². The zero-order valence-corrected chi connectivity index (χ0v) is 10.9. The van der Waals surface area contributed by atoms with E-state index in [0.29, 0.717) is 11.8 Å². The van der Waals surface area contributed by atoms with Gasteiger partial charge in [0.25, 0.3) is 0 Å². The Labute approximate surface area is 106 Å². The lowest BCUT2D eigenvalue weighted by molar-refractivity contribution is -0.127. The average molecular weight is 250 g/mol. The van der Waals surface area contributed by atoms with Crippen molar-refractivity contribution in [2.45, 2.75) is 32.4 Å². The number of anilines is 1. The summed E-state index contributed by atoms with van der Waals surface area (Å²) in [6.45, 7) is 4.63. The molecule has 1 fully saturated rings. The molecule has 0 aliphatic carbocycles. The second-order valence-electron chi connectivity index (χ2n) is 4.63. The Kier molecular flexibility index (Phi) is 3.64. The van der Waals surface area contributed by atoms with Crippen molar-refractivity contribution in [3.05, 3.63) is 12.3 Å². The number of hydrogen-bond acceptors (Lipinski definition) is 5. The van der Waals surface area contributed by atoms with Crippen LogP contribution in [0.25, 0.3) is 0 Å². The van der Waals surface area contributed by atoms with E-state index in [-0.39, 0.29) is 18.1 Å². The Morgan fingerprint density at radius 3 is 2.94 bits per heavy atom. The Bertz CT molecular complexity index is 436. The molecule has 6 heteroatoms. The summed E-state index contributed by atoms with van der Waals surface area (Å²) in [5.74, 6) is 1.02. The molecule has 98 valence electrons. The van der Waals surface area contributed by atoms with Gasteiger partial charge in [-0.15, -0.1) is 0 Å². The number of likely N-dealkylation sites (N-methyl/N-ethyl adjacent to an activating group) is 1. The third kappa shape index (κ3) is 2.88. The molecule has 0 radical (unpaired) electrons. The van der Waals surface area contributed by atoms with Gasteiger partial charge in [0.2, 0.25) is 17.7 Å². The van der Waals surface area contributed by atoms with Gasteiger partial charge in [-0.2, -0.15) is 4.98 Å². The highest BCUT2D eigenvalue weighted by Gasteiger charge is 2.29. The highest BCUT2D eigenvalue weighted by Crippen LogP contribution is 2.15. The maximum absolute atomic E-state index is 11.7. The number of nitrogens with one attached hydrogen (secondary N) is 1. The summed E-state index contributed by atoms with van der Waals surface area (Å²) in [4.78, 5) is 21.8. The maximum Gasteiger partial charge on any atom is 0.244 e. The largest absolute Gasteiger partial charge is 0.475 e. The van der Waals surface area contributed by atoms with E-state index in [0.717, 1.165) is 13.0 Å². The van der Waals surface area contributed by atoms with Crippen LogP contribution < -0.4 is 10.1 Å². The van der Waals surface area contributed by atoms with Crippen LogP contribution in [0.4, 0.5) is 5.95 Å². The quantitative estimate of drug-likeness (QED) is 0.860. The van der Waals surface area contributed by atoms with Crippen LogP contribution in [-0.4, -0.2) is 46.5 Å². The van der Waals surface area contributed by atoms with Gasteiger partial charge in [-0.25, -0.2) is 4.98 Å². The van der Waals surface area contributed by atoms with E-state index in [1.165, 1.54) is 0 Å². The van der Waals surface area contributed by atoms with Gasteiger partial charge in [0.05, 0.1) is 6.10 Å². The second-order valence-corrected chi connectivity index (χ2v) is 4.63. The Hall–Kier alpha value is -1.85. The van der Waals surface area contributed by atoms with Crippen molar-refractivity contribution < 1.29 is 9.53 Å². The predicted octanol–water partition coefficient (Wildman–Crippen LogP) is 0.906. The SMILES string of the molecule is CC(C)Oc1ccnc(NC2CCN(C)C2=O)n1. The van der Waals surface area contributed by atoms with Crippen LogP contribution in [0.2, 0.25) is 0 Å². The molecule has 1 N–H and O–H groups in total. The number of hydrogen-bond donors (Lipinski definition) is 1. The zero-order valence-electron chi connectivity index (χ0n) is 10.9. The average Bonchev–Trinajstić information content (AvgIpc) is 2.61. The molecule has 1 aromatic rings. The molecule has 0 bridgehead atoms. The third-order valence-corrected chi connectivity index (χ3v) is 2.72. The highest BCUT2D eigenvalue weighted by atomic mass is 16.5. The molecule has 1 aliphatic heterocycles. The number of rotatable bonds is 4. The summed E-state index contributed by atoms with van der Waals surface area (Å²) in [5, 5.41) is 3.04. The van der Waals surface area contributed by atoms with Crippen molar-refractivity contribution in [2.24, 2.45) is 0 Å². The fraction of sp³-hybridized carbons (Fsp3) is 0.583. The van der Waals surface area contributed by atoms with Gasteiger partial charge in [0, 0.05) is 25.9 Å². The van der Waals surface area contributed by atoms with E-state index in [2.05, 4.69) is 15.3 Å². The molecule has 1 saturated heterocycles. The van der Waals surface area contributed by atoms with E-state index in [9.17, 15) is 4.79 Å². The number of carbonyl (C=O) groups is 1. The standard InChI is InChI=1S/C12H18N4O2/c1-8(2)18-10-4-6-13-12(15-10)14-9-5-7-16(3)11(9)17/h4,6,8-9H,5,7H2,1-3H3,(H,13,14,15). The van der Waals surface area contributed by atoms with Gasteiger partial charge >= 0.3 is 0 Å².